The van der Waals surface area contributed by atoms with Gasteiger partial charge in [-0.25, -0.2) is 4.79 Å². The van der Waals surface area contributed by atoms with Crippen LogP contribution in [0.4, 0.5) is 16.2 Å². The molecule has 1 aromatic rings. The molecule has 1 aromatic carbocycles. The molecule has 0 aliphatic rings. The quantitative estimate of drug-likeness (QED) is 0.523. The number of alkyl carbamates (subject to hydrolysis) is 1. The average Bonchev–Trinajstić information content (AvgIpc) is 2.57. The molecule has 0 spiro atoms. The lowest BCUT2D eigenvalue weighted by Crippen LogP contribution is -2.34. The van der Waals surface area contributed by atoms with E-state index in [4.69, 9.17) is 14.2 Å². The molecule has 0 bridgehead atoms. The van der Waals surface area contributed by atoms with Gasteiger partial charge in [0.25, 0.3) is 0 Å². The number of anilines is 2. The summed E-state index contributed by atoms with van der Waals surface area (Å²) in [5, 5.41) is 7.91. The predicted molar refractivity (Wildman–Crippen MR) is 105 cm³/mol. The van der Waals surface area contributed by atoms with E-state index < -0.39 is 11.7 Å². The van der Waals surface area contributed by atoms with E-state index in [0.29, 0.717) is 24.6 Å². The Morgan fingerprint density at radius 1 is 1.00 bits per heavy atom. The summed E-state index contributed by atoms with van der Waals surface area (Å²) >= 11 is 0. The van der Waals surface area contributed by atoms with Gasteiger partial charge in [0.05, 0.1) is 13.2 Å². The van der Waals surface area contributed by atoms with Crippen molar-refractivity contribution in [3.63, 3.8) is 0 Å². The largest absolute Gasteiger partial charge is 0.444 e. The molecule has 0 fully saturated rings. The number of methoxy groups -OCH3 is 1. The molecule has 3 N–H and O–H groups in total. The zero-order valence-corrected chi connectivity index (χ0v) is 16.8. The van der Waals surface area contributed by atoms with Crippen LogP contribution in [0, 0.1) is 0 Å². The van der Waals surface area contributed by atoms with Gasteiger partial charge < -0.3 is 30.2 Å². The van der Waals surface area contributed by atoms with Crippen molar-refractivity contribution in [3.8, 4) is 0 Å². The summed E-state index contributed by atoms with van der Waals surface area (Å²) in [6, 6.07) is 6.74. The van der Waals surface area contributed by atoms with Gasteiger partial charge in [0, 0.05) is 31.5 Å². The Kier molecular flexibility index (Phi) is 9.97. The zero-order chi connectivity index (χ0) is 21.0. The first-order valence-electron chi connectivity index (χ1n) is 8.93. The minimum absolute atomic E-state index is 0.0865. The summed E-state index contributed by atoms with van der Waals surface area (Å²) in [6.07, 6.45) is -0.485. The minimum Gasteiger partial charge on any atom is -0.444 e. The Morgan fingerprint density at radius 2 is 1.64 bits per heavy atom. The highest BCUT2D eigenvalue weighted by Gasteiger charge is 2.16. The Labute approximate surface area is 165 Å². The van der Waals surface area contributed by atoms with Gasteiger partial charge in [-0.05, 0) is 39.0 Å². The summed E-state index contributed by atoms with van der Waals surface area (Å²) in [4.78, 5) is 35.3. The van der Waals surface area contributed by atoms with Crippen molar-refractivity contribution < 1.29 is 28.6 Å². The third-order valence-electron chi connectivity index (χ3n) is 3.12. The number of ether oxygens (including phenoxy) is 3. The molecule has 0 heterocycles. The van der Waals surface area contributed by atoms with Crippen LogP contribution in [0.25, 0.3) is 0 Å². The second-order valence-electron chi connectivity index (χ2n) is 6.90. The van der Waals surface area contributed by atoms with E-state index in [1.165, 1.54) is 0 Å². The first kappa shape index (κ1) is 23.4. The Bertz CT molecular complexity index is 657. The molecule has 0 unspecified atom stereocenters. The van der Waals surface area contributed by atoms with E-state index in [2.05, 4.69) is 16.0 Å². The number of amides is 3. The Hall–Kier alpha value is -2.65. The fourth-order valence-electron chi connectivity index (χ4n) is 1.99. The molecular formula is C19H29N3O6. The van der Waals surface area contributed by atoms with E-state index in [1.54, 1.807) is 52.1 Å². The molecule has 0 saturated carbocycles. The summed E-state index contributed by atoms with van der Waals surface area (Å²) < 4.78 is 15.1. The number of carbonyl (C=O) groups is 3. The fourth-order valence-corrected chi connectivity index (χ4v) is 1.99. The molecule has 9 nitrogen and oxygen atoms in total. The predicted octanol–water partition coefficient (Wildman–Crippen LogP) is 2.14. The van der Waals surface area contributed by atoms with E-state index in [0.717, 1.165) is 0 Å². The summed E-state index contributed by atoms with van der Waals surface area (Å²) in [6.45, 7) is 6.09. The molecule has 0 aliphatic carbocycles. The zero-order valence-electron chi connectivity index (χ0n) is 16.8. The average molecular weight is 395 g/mol. The summed E-state index contributed by atoms with van der Waals surface area (Å²) in [7, 11) is 1.55. The second-order valence-corrected chi connectivity index (χ2v) is 6.90. The standard InChI is InChI=1S/C19H29N3O6/c1-19(2,3)28-18(25)20-9-8-16(23)21-14-6-5-7-15(12-14)22-17(24)13-27-11-10-26-4/h5-7,12H,8-11,13H2,1-4H3,(H,20,25)(H,21,23)(H,22,24). The second kappa shape index (κ2) is 11.9. The van der Waals surface area contributed by atoms with Crippen LogP contribution in [0.5, 0.6) is 0 Å². The lowest BCUT2D eigenvalue weighted by Gasteiger charge is -2.19. The van der Waals surface area contributed by atoms with E-state index in [1.807, 2.05) is 0 Å². The van der Waals surface area contributed by atoms with Gasteiger partial charge in [0.1, 0.15) is 12.2 Å². The normalized spacial score (nSPS) is 10.9. The van der Waals surface area contributed by atoms with Gasteiger partial charge in [0.2, 0.25) is 11.8 Å². The van der Waals surface area contributed by atoms with Crippen molar-refractivity contribution in [1.29, 1.82) is 0 Å². The fraction of sp³-hybridized carbons (Fsp3) is 0.526. The van der Waals surface area contributed by atoms with Crippen molar-refractivity contribution in [2.75, 3.05) is 44.1 Å². The van der Waals surface area contributed by atoms with Crippen LogP contribution >= 0.6 is 0 Å². The van der Waals surface area contributed by atoms with Gasteiger partial charge in [-0.15, -0.1) is 0 Å². The van der Waals surface area contributed by atoms with Crippen molar-refractivity contribution >= 4 is 29.3 Å². The number of rotatable bonds is 10. The highest BCUT2D eigenvalue weighted by molar-refractivity contribution is 5.94. The maximum absolute atomic E-state index is 12.0. The number of nitrogens with one attached hydrogen (secondary N) is 3. The van der Waals surface area contributed by atoms with Gasteiger partial charge in [-0.3, -0.25) is 9.59 Å². The molecule has 0 aromatic heterocycles. The third-order valence-corrected chi connectivity index (χ3v) is 3.12. The Balaban J connectivity index is 2.38. The molecule has 9 heteroatoms. The van der Waals surface area contributed by atoms with E-state index >= 15 is 0 Å². The molecular weight excluding hydrogens is 366 g/mol. The molecule has 28 heavy (non-hydrogen) atoms. The summed E-state index contributed by atoms with van der Waals surface area (Å²) in [5.74, 6) is -0.580. The monoisotopic (exact) mass is 395 g/mol. The Morgan fingerprint density at radius 3 is 2.25 bits per heavy atom. The van der Waals surface area contributed by atoms with E-state index in [9.17, 15) is 14.4 Å². The van der Waals surface area contributed by atoms with Crippen molar-refractivity contribution in [3.05, 3.63) is 24.3 Å². The van der Waals surface area contributed by atoms with E-state index in [-0.39, 0.29) is 31.4 Å². The first-order valence-corrected chi connectivity index (χ1v) is 8.93. The summed E-state index contributed by atoms with van der Waals surface area (Å²) in [5.41, 5.74) is 0.469. The maximum Gasteiger partial charge on any atom is 0.407 e. The van der Waals surface area contributed by atoms with Crippen LogP contribution in [0.3, 0.4) is 0 Å². The van der Waals surface area contributed by atoms with Crippen LogP contribution in [0.2, 0.25) is 0 Å². The van der Waals surface area contributed by atoms with Crippen LogP contribution in [0.15, 0.2) is 24.3 Å². The van der Waals surface area contributed by atoms with Crippen LogP contribution in [0.1, 0.15) is 27.2 Å². The molecule has 156 valence electrons. The molecule has 0 atom stereocenters. The highest BCUT2D eigenvalue weighted by atomic mass is 16.6. The van der Waals surface area contributed by atoms with Gasteiger partial charge in [-0.2, -0.15) is 0 Å². The van der Waals surface area contributed by atoms with Crippen molar-refractivity contribution in [2.24, 2.45) is 0 Å². The van der Waals surface area contributed by atoms with Gasteiger partial charge in [0.15, 0.2) is 0 Å². The molecule has 0 aliphatic heterocycles. The maximum atomic E-state index is 12.0. The van der Waals surface area contributed by atoms with Crippen LogP contribution in [-0.4, -0.2) is 57.0 Å². The molecule has 0 radical (unpaired) electrons. The van der Waals surface area contributed by atoms with Crippen molar-refractivity contribution in [2.45, 2.75) is 32.8 Å². The van der Waals surface area contributed by atoms with Crippen LogP contribution < -0.4 is 16.0 Å². The molecule has 1 rings (SSSR count). The lowest BCUT2D eigenvalue weighted by atomic mass is 10.2. The SMILES string of the molecule is COCCOCC(=O)Nc1cccc(NC(=O)CCNC(=O)OC(C)(C)C)c1. The highest BCUT2D eigenvalue weighted by Crippen LogP contribution is 2.15. The smallest absolute Gasteiger partial charge is 0.407 e. The lowest BCUT2D eigenvalue weighted by molar-refractivity contribution is -0.121. The number of carbonyl (C=O) groups excluding carboxylic acids is 3. The molecule has 0 saturated heterocycles. The van der Waals surface area contributed by atoms with Gasteiger partial charge in [-0.1, -0.05) is 6.07 Å². The van der Waals surface area contributed by atoms with Gasteiger partial charge >= 0.3 is 6.09 Å². The number of hydrogen-bond donors (Lipinski definition) is 3. The molecule has 3 amide bonds. The third kappa shape index (κ3) is 11.1. The minimum atomic E-state index is -0.591. The first-order chi connectivity index (χ1) is 13.2. The van der Waals surface area contributed by atoms with Crippen LogP contribution in [-0.2, 0) is 23.8 Å². The topological polar surface area (TPSA) is 115 Å². The number of hydrogen-bond acceptors (Lipinski definition) is 6. The van der Waals surface area contributed by atoms with Crippen molar-refractivity contribution in [1.82, 2.24) is 5.32 Å². The number of benzene rings is 1.